The molecule has 0 saturated carbocycles. The third-order valence-corrected chi connectivity index (χ3v) is 3.23. The number of aryl methyl sites for hydroxylation is 1. The van der Waals surface area contributed by atoms with Crippen LogP contribution < -0.4 is 0 Å². The molecular weight excluding hydrogens is 247 g/mol. The number of H-pyrrole nitrogens is 1. The van der Waals surface area contributed by atoms with Gasteiger partial charge in [0.25, 0.3) is 0 Å². The number of aromatic amines is 1. The minimum absolute atomic E-state index is 0.250. The number of nitrogens with zero attached hydrogens (tertiary/aromatic N) is 1. The average Bonchev–Trinajstić information content (AvgIpc) is 2.35. The van der Waals surface area contributed by atoms with E-state index in [0.29, 0.717) is 10.2 Å². The number of aromatic nitrogens is 2. The Morgan fingerprint density at radius 3 is 2.72 bits per heavy atom. The average molecular weight is 262 g/mol. The highest BCUT2D eigenvalue weighted by atomic mass is 32.1. The molecular formula is C14H15FN2S. The number of rotatable bonds is 3. The van der Waals surface area contributed by atoms with Gasteiger partial charge in [0.05, 0.1) is 5.69 Å². The quantitative estimate of drug-likeness (QED) is 0.839. The molecule has 2 nitrogen and oxygen atoms in total. The summed E-state index contributed by atoms with van der Waals surface area (Å²) in [5.41, 5.74) is 2.09. The van der Waals surface area contributed by atoms with Crippen LogP contribution in [0.4, 0.5) is 4.39 Å². The first-order valence-corrected chi connectivity index (χ1v) is 6.39. The van der Waals surface area contributed by atoms with E-state index < -0.39 is 0 Å². The van der Waals surface area contributed by atoms with Crippen LogP contribution in [-0.4, -0.2) is 9.97 Å². The third-order valence-electron chi connectivity index (χ3n) is 2.83. The summed E-state index contributed by atoms with van der Waals surface area (Å²) in [5, 5.41) is 0. The molecule has 0 fully saturated rings. The summed E-state index contributed by atoms with van der Waals surface area (Å²) >= 11 is 5.23. The molecule has 0 radical (unpaired) electrons. The maximum absolute atomic E-state index is 13.8. The van der Waals surface area contributed by atoms with Crippen LogP contribution in [0.1, 0.15) is 24.7 Å². The predicted molar refractivity (Wildman–Crippen MR) is 73.5 cm³/mol. The Morgan fingerprint density at radius 1 is 1.33 bits per heavy atom. The number of benzene rings is 1. The number of halogens is 1. The Kier molecular flexibility index (Phi) is 3.87. The van der Waals surface area contributed by atoms with E-state index >= 15 is 0 Å². The zero-order chi connectivity index (χ0) is 13.1. The lowest BCUT2D eigenvalue weighted by Gasteiger charge is -2.10. The van der Waals surface area contributed by atoms with E-state index in [1.807, 2.05) is 13.0 Å². The van der Waals surface area contributed by atoms with Crippen LogP contribution in [0, 0.1) is 17.4 Å². The van der Waals surface area contributed by atoms with E-state index in [4.69, 9.17) is 12.2 Å². The molecule has 1 aromatic heterocycles. The first-order valence-electron chi connectivity index (χ1n) is 5.98. The van der Waals surface area contributed by atoms with Crippen molar-refractivity contribution in [3.63, 3.8) is 0 Å². The molecule has 0 amide bonds. The molecule has 2 rings (SSSR count). The zero-order valence-corrected chi connectivity index (χ0v) is 11.3. The Labute approximate surface area is 111 Å². The summed E-state index contributed by atoms with van der Waals surface area (Å²) in [6, 6.07) is 6.69. The maximum Gasteiger partial charge on any atom is 0.133 e. The molecule has 18 heavy (non-hydrogen) atoms. The molecule has 0 atom stereocenters. The largest absolute Gasteiger partial charge is 0.343 e. The van der Waals surface area contributed by atoms with Gasteiger partial charge in [0, 0.05) is 17.5 Å². The first-order chi connectivity index (χ1) is 8.63. The monoisotopic (exact) mass is 262 g/mol. The van der Waals surface area contributed by atoms with Crippen LogP contribution in [0.25, 0.3) is 11.3 Å². The van der Waals surface area contributed by atoms with Gasteiger partial charge in [-0.15, -0.1) is 0 Å². The molecule has 2 aromatic rings. The highest BCUT2D eigenvalue weighted by Gasteiger charge is 2.10. The molecule has 0 aliphatic rings. The van der Waals surface area contributed by atoms with Gasteiger partial charge < -0.3 is 4.98 Å². The van der Waals surface area contributed by atoms with Crippen LogP contribution in [0.2, 0.25) is 0 Å². The van der Waals surface area contributed by atoms with Gasteiger partial charge in [0.1, 0.15) is 16.3 Å². The smallest absolute Gasteiger partial charge is 0.133 e. The molecule has 4 heteroatoms. The standard InChI is InChI=1S/C14H15FN2S/c1-3-6-12-16-13(9(2)14(18)17-12)10-7-4-5-8-11(10)15/h4-5,7-8H,3,6H2,1-2H3,(H,16,17,18). The maximum atomic E-state index is 13.8. The van der Waals surface area contributed by atoms with E-state index in [1.165, 1.54) is 6.07 Å². The van der Waals surface area contributed by atoms with Gasteiger partial charge in [-0.3, -0.25) is 0 Å². The van der Waals surface area contributed by atoms with E-state index in [1.54, 1.807) is 12.1 Å². The normalized spacial score (nSPS) is 10.6. The lowest BCUT2D eigenvalue weighted by atomic mass is 10.1. The van der Waals surface area contributed by atoms with Crippen molar-refractivity contribution in [3.05, 3.63) is 46.1 Å². The minimum atomic E-state index is -0.250. The predicted octanol–water partition coefficient (Wildman–Crippen LogP) is 4.21. The summed E-state index contributed by atoms with van der Waals surface area (Å²) < 4.78 is 14.4. The molecule has 0 aliphatic heterocycles. The van der Waals surface area contributed by atoms with Crippen molar-refractivity contribution in [2.45, 2.75) is 26.7 Å². The Hall–Kier alpha value is -1.55. The number of hydrogen-bond donors (Lipinski definition) is 1. The highest BCUT2D eigenvalue weighted by Crippen LogP contribution is 2.24. The van der Waals surface area contributed by atoms with Gasteiger partial charge in [0.15, 0.2) is 0 Å². The SMILES string of the molecule is CCCc1nc(=S)c(C)c(-c2ccccc2F)[nH]1. The van der Waals surface area contributed by atoms with Crippen LogP contribution >= 0.6 is 12.2 Å². The van der Waals surface area contributed by atoms with Crippen LogP contribution in [-0.2, 0) is 6.42 Å². The summed E-state index contributed by atoms with van der Waals surface area (Å²) in [4.78, 5) is 7.51. The summed E-state index contributed by atoms with van der Waals surface area (Å²) in [6.07, 6.45) is 1.78. The lowest BCUT2D eigenvalue weighted by Crippen LogP contribution is -2.01. The van der Waals surface area contributed by atoms with Crippen LogP contribution in [0.3, 0.4) is 0 Å². The molecule has 1 N–H and O–H groups in total. The van der Waals surface area contributed by atoms with Crippen molar-refractivity contribution in [2.75, 3.05) is 0 Å². The zero-order valence-electron chi connectivity index (χ0n) is 10.5. The Bertz CT molecular complexity index is 619. The summed E-state index contributed by atoms with van der Waals surface area (Å²) in [5.74, 6) is 0.561. The summed E-state index contributed by atoms with van der Waals surface area (Å²) in [6.45, 7) is 3.94. The van der Waals surface area contributed by atoms with Crippen molar-refractivity contribution >= 4 is 12.2 Å². The van der Waals surface area contributed by atoms with E-state index in [-0.39, 0.29) is 5.82 Å². The molecule has 0 unspecified atom stereocenters. The second kappa shape index (κ2) is 5.40. The van der Waals surface area contributed by atoms with Gasteiger partial charge >= 0.3 is 0 Å². The number of hydrogen-bond acceptors (Lipinski definition) is 2. The fourth-order valence-electron chi connectivity index (χ4n) is 1.87. The molecule has 0 saturated heterocycles. The molecule has 0 bridgehead atoms. The third kappa shape index (κ3) is 2.48. The molecule has 94 valence electrons. The van der Waals surface area contributed by atoms with Gasteiger partial charge in [-0.1, -0.05) is 31.3 Å². The van der Waals surface area contributed by atoms with Gasteiger partial charge in [-0.2, -0.15) is 0 Å². The molecule has 1 aromatic carbocycles. The van der Waals surface area contributed by atoms with Gasteiger partial charge in [-0.25, -0.2) is 9.37 Å². The fourth-order valence-corrected chi connectivity index (χ4v) is 2.08. The second-order valence-corrected chi connectivity index (χ2v) is 4.61. The Balaban J connectivity index is 2.63. The number of nitrogens with one attached hydrogen (secondary N) is 1. The fraction of sp³-hybridized carbons (Fsp3) is 0.286. The van der Waals surface area contributed by atoms with Crippen molar-refractivity contribution in [3.8, 4) is 11.3 Å². The van der Waals surface area contributed by atoms with E-state index in [9.17, 15) is 4.39 Å². The second-order valence-electron chi connectivity index (χ2n) is 4.22. The van der Waals surface area contributed by atoms with Crippen LogP contribution in [0.5, 0.6) is 0 Å². The minimum Gasteiger partial charge on any atom is -0.343 e. The van der Waals surface area contributed by atoms with Crippen LogP contribution in [0.15, 0.2) is 24.3 Å². The van der Waals surface area contributed by atoms with Crippen molar-refractivity contribution in [1.82, 2.24) is 9.97 Å². The first kappa shape index (κ1) is 12.9. The topological polar surface area (TPSA) is 28.7 Å². The van der Waals surface area contributed by atoms with E-state index in [0.717, 1.165) is 29.9 Å². The lowest BCUT2D eigenvalue weighted by molar-refractivity contribution is 0.630. The molecule has 0 aliphatic carbocycles. The highest BCUT2D eigenvalue weighted by molar-refractivity contribution is 7.71. The van der Waals surface area contributed by atoms with Gasteiger partial charge in [-0.05, 0) is 25.5 Å². The van der Waals surface area contributed by atoms with Gasteiger partial charge in [0.2, 0.25) is 0 Å². The summed E-state index contributed by atoms with van der Waals surface area (Å²) in [7, 11) is 0. The van der Waals surface area contributed by atoms with Crippen molar-refractivity contribution < 1.29 is 4.39 Å². The Morgan fingerprint density at radius 2 is 2.06 bits per heavy atom. The molecule has 0 spiro atoms. The van der Waals surface area contributed by atoms with Crippen molar-refractivity contribution in [1.29, 1.82) is 0 Å². The molecule has 1 heterocycles. The van der Waals surface area contributed by atoms with E-state index in [2.05, 4.69) is 16.9 Å². The van der Waals surface area contributed by atoms with Crippen molar-refractivity contribution in [2.24, 2.45) is 0 Å².